The SMILES string of the molecule is CCC(CCBr)CNS(=O)(=O)c1ccc(F)cc1. The summed E-state index contributed by atoms with van der Waals surface area (Å²) in [7, 11) is -3.53. The molecule has 102 valence electrons. The van der Waals surface area contributed by atoms with Crippen LogP contribution in [0.25, 0.3) is 0 Å². The van der Waals surface area contributed by atoms with Gasteiger partial charge in [-0.2, -0.15) is 0 Å². The lowest BCUT2D eigenvalue weighted by Gasteiger charge is -2.14. The van der Waals surface area contributed by atoms with Crippen molar-refractivity contribution in [3.05, 3.63) is 30.1 Å². The van der Waals surface area contributed by atoms with Crippen molar-refractivity contribution in [3.63, 3.8) is 0 Å². The Kier molecular flexibility index (Phi) is 6.25. The third kappa shape index (κ3) is 4.66. The first-order valence-electron chi connectivity index (χ1n) is 5.80. The minimum atomic E-state index is -3.53. The quantitative estimate of drug-likeness (QED) is 0.777. The molecule has 0 bridgehead atoms. The molecule has 0 radical (unpaired) electrons. The summed E-state index contributed by atoms with van der Waals surface area (Å²) in [6.07, 6.45) is 1.83. The van der Waals surface area contributed by atoms with E-state index in [1.807, 2.05) is 6.92 Å². The number of hydrogen-bond acceptors (Lipinski definition) is 2. The highest BCUT2D eigenvalue weighted by atomic mass is 79.9. The van der Waals surface area contributed by atoms with E-state index in [1.165, 1.54) is 12.1 Å². The number of halogens is 2. The lowest BCUT2D eigenvalue weighted by atomic mass is 10.0. The van der Waals surface area contributed by atoms with E-state index in [0.717, 1.165) is 30.3 Å². The zero-order valence-electron chi connectivity index (χ0n) is 10.2. The van der Waals surface area contributed by atoms with Crippen molar-refractivity contribution in [2.24, 2.45) is 5.92 Å². The van der Waals surface area contributed by atoms with Crippen molar-refractivity contribution < 1.29 is 12.8 Å². The molecule has 1 atom stereocenters. The van der Waals surface area contributed by atoms with Crippen LogP contribution in [0.4, 0.5) is 4.39 Å². The first-order valence-corrected chi connectivity index (χ1v) is 8.41. The Morgan fingerprint density at radius 1 is 1.33 bits per heavy atom. The Hall–Kier alpha value is -0.460. The molecule has 0 spiro atoms. The van der Waals surface area contributed by atoms with E-state index < -0.39 is 15.8 Å². The van der Waals surface area contributed by atoms with Gasteiger partial charge in [0.2, 0.25) is 10.0 Å². The summed E-state index contributed by atoms with van der Waals surface area (Å²) < 4.78 is 39.1. The first-order chi connectivity index (χ1) is 8.49. The molecule has 1 aromatic rings. The largest absolute Gasteiger partial charge is 0.240 e. The molecular weight excluding hydrogens is 321 g/mol. The van der Waals surface area contributed by atoms with Gasteiger partial charge >= 0.3 is 0 Å². The van der Waals surface area contributed by atoms with Crippen LogP contribution in [0.2, 0.25) is 0 Å². The molecule has 0 saturated heterocycles. The van der Waals surface area contributed by atoms with E-state index in [9.17, 15) is 12.8 Å². The summed E-state index contributed by atoms with van der Waals surface area (Å²) in [4.78, 5) is 0.0950. The average molecular weight is 338 g/mol. The van der Waals surface area contributed by atoms with E-state index in [0.29, 0.717) is 12.5 Å². The molecule has 0 amide bonds. The Labute approximate surface area is 116 Å². The van der Waals surface area contributed by atoms with E-state index in [4.69, 9.17) is 0 Å². The minimum Gasteiger partial charge on any atom is -0.211 e. The van der Waals surface area contributed by atoms with Gasteiger partial charge < -0.3 is 0 Å². The zero-order valence-corrected chi connectivity index (χ0v) is 12.6. The maximum Gasteiger partial charge on any atom is 0.240 e. The van der Waals surface area contributed by atoms with Crippen molar-refractivity contribution in [2.75, 3.05) is 11.9 Å². The molecule has 1 rings (SSSR count). The van der Waals surface area contributed by atoms with Gasteiger partial charge in [-0.05, 0) is 36.6 Å². The number of hydrogen-bond donors (Lipinski definition) is 1. The second kappa shape index (κ2) is 7.21. The molecule has 0 saturated carbocycles. The summed E-state index contributed by atoms with van der Waals surface area (Å²) in [5, 5.41) is 0.851. The highest BCUT2D eigenvalue weighted by Crippen LogP contribution is 2.12. The molecule has 0 aromatic heterocycles. The lowest BCUT2D eigenvalue weighted by Crippen LogP contribution is -2.29. The second-order valence-electron chi connectivity index (χ2n) is 4.06. The molecule has 6 heteroatoms. The van der Waals surface area contributed by atoms with Gasteiger partial charge in [0.15, 0.2) is 0 Å². The zero-order chi connectivity index (χ0) is 13.6. The predicted octanol–water partition coefficient (Wildman–Crippen LogP) is 2.92. The Morgan fingerprint density at radius 3 is 2.44 bits per heavy atom. The molecule has 18 heavy (non-hydrogen) atoms. The van der Waals surface area contributed by atoms with Gasteiger partial charge in [0, 0.05) is 11.9 Å². The van der Waals surface area contributed by atoms with Crippen molar-refractivity contribution in [1.82, 2.24) is 4.72 Å². The fourth-order valence-corrected chi connectivity index (χ4v) is 3.29. The first kappa shape index (κ1) is 15.6. The molecule has 1 aromatic carbocycles. The molecule has 3 nitrogen and oxygen atoms in total. The van der Waals surface area contributed by atoms with Gasteiger partial charge in [0.1, 0.15) is 5.82 Å². The van der Waals surface area contributed by atoms with Crippen LogP contribution < -0.4 is 4.72 Å². The van der Waals surface area contributed by atoms with E-state index in [2.05, 4.69) is 20.7 Å². The molecule has 0 fully saturated rings. The normalized spacial score (nSPS) is 13.5. The van der Waals surface area contributed by atoms with E-state index in [-0.39, 0.29) is 4.90 Å². The molecular formula is C12H17BrFNO2S. The lowest BCUT2D eigenvalue weighted by molar-refractivity contribution is 0.483. The van der Waals surface area contributed by atoms with Crippen molar-refractivity contribution in [1.29, 1.82) is 0 Å². The van der Waals surface area contributed by atoms with Crippen LogP contribution in [0, 0.1) is 11.7 Å². The van der Waals surface area contributed by atoms with Crippen molar-refractivity contribution in [3.8, 4) is 0 Å². The summed E-state index contributed by atoms with van der Waals surface area (Å²) in [5.41, 5.74) is 0. The third-order valence-corrected chi connectivity index (χ3v) is 4.68. The number of sulfonamides is 1. The van der Waals surface area contributed by atoms with Gasteiger partial charge in [-0.1, -0.05) is 29.3 Å². The van der Waals surface area contributed by atoms with Crippen LogP contribution in [0.3, 0.4) is 0 Å². The molecule has 0 aliphatic rings. The fourth-order valence-electron chi connectivity index (χ4n) is 1.53. The molecule has 1 unspecified atom stereocenters. The smallest absolute Gasteiger partial charge is 0.211 e. The van der Waals surface area contributed by atoms with E-state index >= 15 is 0 Å². The highest BCUT2D eigenvalue weighted by Gasteiger charge is 2.15. The predicted molar refractivity (Wildman–Crippen MR) is 73.8 cm³/mol. The number of nitrogens with one attached hydrogen (secondary N) is 1. The van der Waals surface area contributed by atoms with Crippen LogP contribution in [0.15, 0.2) is 29.2 Å². The Morgan fingerprint density at radius 2 is 1.94 bits per heavy atom. The van der Waals surface area contributed by atoms with Gasteiger partial charge in [0.05, 0.1) is 4.90 Å². The minimum absolute atomic E-state index is 0.0950. The Bertz CT molecular complexity index is 461. The van der Waals surface area contributed by atoms with Crippen LogP contribution in [-0.2, 0) is 10.0 Å². The summed E-state index contributed by atoms with van der Waals surface area (Å²) >= 11 is 3.35. The van der Waals surface area contributed by atoms with Gasteiger partial charge in [-0.25, -0.2) is 17.5 Å². The van der Waals surface area contributed by atoms with Gasteiger partial charge in [-0.15, -0.1) is 0 Å². The third-order valence-electron chi connectivity index (χ3n) is 2.78. The average Bonchev–Trinajstić information content (AvgIpc) is 2.35. The number of rotatable bonds is 7. The van der Waals surface area contributed by atoms with Crippen LogP contribution in [0.5, 0.6) is 0 Å². The summed E-state index contributed by atoms with van der Waals surface area (Å²) in [6, 6.07) is 4.82. The summed E-state index contributed by atoms with van der Waals surface area (Å²) in [5.74, 6) is -0.140. The number of benzene rings is 1. The second-order valence-corrected chi connectivity index (χ2v) is 6.62. The standard InChI is InChI=1S/C12H17BrFNO2S/c1-2-10(7-8-13)9-15-18(16,17)12-5-3-11(14)4-6-12/h3-6,10,15H,2,7-9H2,1H3. The topological polar surface area (TPSA) is 46.2 Å². The molecule has 0 aliphatic carbocycles. The van der Waals surface area contributed by atoms with Crippen molar-refractivity contribution >= 4 is 26.0 Å². The van der Waals surface area contributed by atoms with Gasteiger partial charge in [0.25, 0.3) is 0 Å². The van der Waals surface area contributed by atoms with E-state index in [1.54, 1.807) is 0 Å². The maximum absolute atomic E-state index is 12.7. The molecule has 0 aliphatic heterocycles. The fraction of sp³-hybridized carbons (Fsp3) is 0.500. The number of alkyl halides is 1. The van der Waals surface area contributed by atoms with Gasteiger partial charge in [-0.3, -0.25) is 0 Å². The monoisotopic (exact) mass is 337 g/mol. The summed E-state index contributed by atoms with van der Waals surface area (Å²) in [6.45, 7) is 2.43. The van der Waals surface area contributed by atoms with Crippen LogP contribution in [0.1, 0.15) is 19.8 Å². The Balaban J connectivity index is 2.67. The molecule has 1 N–H and O–H groups in total. The van der Waals surface area contributed by atoms with Crippen LogP contribution >= 0.6 is 15.9 Å². The van der Waals surface area contributed by atoms with Crippen LogP contribution in [-0.4, -0.2) is 20.3 Å². The molecule has 0 heterocycles. The highest BCUT2D eigenvalue weighted by molar-refractivity contribution is 9.09. The van der Waals surface area contributed by atoms with Crippen molar-refractivity contribution in [2.45, 2.75) is 24.7 Å². The maximum atomic E-state index is 12.7.